The van der Waals surface area contributed by atoms with E-state index < -0.39 is 0 Å². The van der Waals surface area contributed by atoms with Gasteiger partial charge in [-0.15, -0.1) is 0 Å². The molecule has 0 bridgehead atoms. The molecule has 0 saturated carbocycles. The Morgan fingerprint density at radius 1 is 0.952 bits per heavy atom. The molecule has 0 aliphatic rings. The van der Waals surface area contributed by atoms with E-state index in [2.05, 4.69) is 59.5 Å². The van der Waals surface area contributed by atoms with Gasteiger partial charge in [-0.2, -0.15) is 0 Å². The standard InChI is InChI=1S/C18H20N2O/c1-20-12-16(17-4-2-3-5-18(17)20)11-19-10-14-6-8-15(13-21)9-7-14/h2-9,12,19,21H,10-11,13H2,1H3. The van der Waals surface area contributed by atoms with Crippen molar-refractivity contribution in [2.24, 2.45) is 7.05 Å². The van der Waals surface area contributed by atoms with E-state index in [1.165, 1.54) is 22.0 Å². The zero-order valence-corrected chi connectivity index (χ0v) is 12.2. The molecule has 0 aliphatic carbocycles. The molecule has 0 fully saturated rings. The van der Waals surface area contributed by atoms with Gasteiger partial charge in [0.2, 0.25) is 0 Å². The third-order valence-corrected chi connectivity index (χ3v) is 3.83. The SMILES string of the molecule is Cn1cc(CNCc2ccc(CO)cc2)c2ccccc21. The van der Waals surface area contributed by atoms with Crippen LogP contribution < -0.4 is 5.32 Å². The van der Waals surface area contributed by atoms with Crippen molar-refractivity contribution in [1.82, 2.24) is 9.88 Å². The lowest BCUT2D eigenvalue weighted by molar-refractivity contribution is 0.282. The number of hydrogen-bond acceptors (Lipinski definition) is 2. The molecule has 108 valence electrons. The van der Waals surface area contributed by atoms with Gasteiger partial charge < -0.3 is 15.0 Å². The van der Waals surface area contributed by atoms with E-state index in [4.69, 9.17) is 5.11 Å². The fourth-order valence-corrected chi connectivity index (χ4v) is 2.67. The summed E-state index contributed by atoms with van der Waals surface area (Å²) in [6.45, 7) is 1.78. The molecule has 3 aromatic rings. The second-order valence-electron chi connectivity index (χ2n) is 5.36. The van der Waals surface area contributed by atoms with Crippen LogP contribution in [0.25, 0.3) is 10.9 Å². The minimum atomic E-state index is 0.101. The van der Waals surface area contributed by atoms with Gasteiger partial charge in [-0.1, -0.05) is 42.5 Å². The third-order valence-electron chi connectivity index (χ3n) is 3.83. The quantitative estimate of drug-likeness (QED) is 0.754. The predicted octanol–water partition coefficient (Wildman–Crippen LogP) is 2.96. The Balaban J connectivity index is 1.66. The molecule has 3 nitrogen and oxygen atoms in total. The molecule has 21 heavy (non-hydrogen) atoms. The highest BCUT2D eigenvalue weighted by Crippen LogP contribution is 2.20. The van der Waals surface area contributed by atoms with Gasteiger partial charge in [-0.05, 0) is 22.8 Å². The van der Waals surface area contributed by atoms with Crippen molar-refractivity contribution in [3.8, 4) is 0 Å². The minimum Gasteiger partial charge on any atom is -0.392 e. The van der Waals surface area contributed by atoms with E-state index in [0.717, 1.165) is 18.7 Å². The van der Waals surface area contributed by atoms with Crippen molar-refractivity contribution in [2.75, 3.05) is 0 Å². The van der Waals surface area contributed by atoms with Crippen LogP contribution in [0.3, 0.4) is 0 Å². The lowest BCUT2D eigenvalue weighted by atomic mass is 10.1. The van der Waals surface area contributed by atoms with Crippen LogP contribution in [-0.4, -0.2) is 9.67 Å². The summed E-state index contributed by atoms with van der Waals surface area (Å²) in [5.74, 6) is 0. The van der Waals surface area contributed by atoms with Crippen LogP contribution in [-0.2, 0) is 26.7 Å². The molecule has 3 heteroatoms. The van der Waals surface area contributed by atoms with Crippen LogP contribution in [0.2, 0.25) is 0 Å². The number of rotatable bonds is 5. The number of para-hydroxylation sites is 1. The van der Waals surface area contributed by atoms with E-state index in [1.807, 2.05) is 12.1 Å². The Bertz CT molecular complexity index is 729. The zero-order chi connectivity index (χ0) is 14.7. The van der Waals surface area contributed by atoms with E-state index in [1.54, 1.807) is 0 Å². The second-order valence-corrected chi connectivity index (χ2v) is 5.36. The summed E-state index contributed by atoms with van der Waals surface area (Å²) >= 11 is 0. The molecule has 0 radical (unpaired) electrons. The van der Waals surface area contributed by atoms with Gasteiger partial charge in [0, 0.05) is 37.2 Å². The van der Waals surface area contributed by atoms with Crippen LogP contribution in [0, 0.1) is 0 Å². The number of fused-ring (bicyclic) bond motifs is 1. The van der Waals surface area contributed by atoms with Gasteiger partial charge in [-0.3, -0.25) is 0 Å². The van der Waals surface area contributed by atoms with E-state index in [-0.39, 0.29) is 6.61 Å². The number of hydrogen-bond donors (Lipinski definition) is 2. The van der Waals surface area contributed by atoms with Gasteiger partial charge in [0.15, 0.2) is 0 Å². The molecule has 2 aromatic carbocycles. The monoisotopic (exact) mass is 280 g/mol. The molecule has 2 N–H and O–H groups in total. The highest BCUT2D eigenvalue weighted by Gasteiger charge is 2.05. The highest BCUT2D eigenvalue weighted by atomic mass is 16.3. The van der Waals surface area contributed by atoms with Crippen LogP contribution in [0.1, 0.15) is 16.7 Å². The smallest absolute Gasteiger partial charge is 0.0681 e. The fourth-order valence-electron chi connectivity index (χ4n) is 2.67. The first-order chi connectivity index (χ1) is 10.3. The van der Waals surface area contributed by atoms with Gasteiger partial charge in [0.05, 0.1) is 6.61 Å². The van der Waals surface area contributed by atoms with Crippen molar-refractivity contribution < 1.29 is 5.11 Å². The van der Waals surface area contributed by atoms with E-state index in [9.17, 15) is 0 Å². The lowest BCUT2D eigenvalue weighted by Gasteiger charge is -2.05. The Labute approximate surface area is 124 Å². The maximum atomic E-state index is 9.04. The second kappa shape index (κ2) is 6.12. The largest absolute Gasteiger partial charge is 0.392 e. The fraction of sp³-hybridized carbons (Fsp3) is 0.222. The zero-order valence-electron chi connectivity index (χ0n) is 12.2. The molecule has 0 amide bonds. The van der Waals surface area contributed by atoms with Gasteiger partial charge in [0.25, 0.3) is 0 Å². The number of nitrogens with one attached hydrogen (secondary N) is 1. The van der Waals surface area contributed by atoms with Gasteiger partial charge >= 0.3 is 0 Å². The number of benzene rings is 2. The van der Waals surface area contributed by atoms with Crippen molar-refractivity contribution in [1.29, 1.82) is 0 Å². The average molecular weight is 280 g/mol. The van der Waals surface area contributed by atoms with Crippen molar-refractivity contribution in [2.45, 2.75) is 19.7 Å². The Morgan fingerprint density at radius 3 is 2.43 bits per heavy atom. The highest BCUT2D eigenvalue weighted by molar-refractivity contribution is 5.83. The normalized spacial score (nSPS) is 11.1. The number of aliphatic hydroxyl groups is 1. The molecule has 0 atom stereocenters. The minimum absolute atomic E-state index is 0.101. The maximum Gasteiger partial charge on any atom is 0.0681 e. The van der Waals surface area contributed by atoms with Crippen molar-refractivity contribution in [3.63, 3.8) is 0 Å². The molecular weight excluding hydrogens is 260 g/mol. The number of aryl methyl sites for hydroxylation is 1. The van der Waals surface area contributed by atoms with E-state index in [0.29, 0.717) is 0 Å². The number of aromatic nitrogens is 1. The van der Waals surface area contributed by atoms with Crippen LogP contribution in [0.4, 0.5) is 0 Å². The Hall–Kier alpha value is -2.10. The van der Waals surface area contributed by atoms with Gasteiger partial charge in [0.1, 0.15) is 0 Å². The topological polar surface area (TPSA) is 37.2 Å². The molecule has 0 unspecified atom stereocenters. The average Bonchev–Trinajstić information content (AvgIpc) is 2.85. The summed E-state index contributed by atoms with van der Waals surface area (Å²) in [4.78, 5) is 0. The molecule has 0 aliphatic heterocycles. The van der Waals surface area contributed by atoms with Crippen molar-refractivity contribution >= 4 is 10.9 Å². The predicted molar refractivity (Wildman–Crippen MR) is 85.8 cm³/mol. The maximum absolute atomic E-state index is 9.04. The molecule has 0 spiro atoms. The molecule has 3 rings (SSSR count). The Kier molecular flexibility index (Phi) is 4.04. The summed E-state index contributed by atoms with van der Waals surface area (Å²) in [6, 6.07) is 16.5. The first kappa shape index (κ1) is 13.9. The van der Waals surface area contributed by atoms with Crippen molar-refractivity contribution in [3.05, 3.63) is 71.4 Å². The van der Waals surface area contributed by atoms with E-state index >= 15 is 0 Å². The molecule has 1 heterocycles. The molecular formula is C18H20N2O. The van der Waals surface area contributed by atoms with Crippen LogP contribution in [0.5, 0.6) is 0 Å². The summed E-state index contributed by atoms with van der Waals surface area (Å²) in [5.41, 5.74) is 4.77. The van der Waals surface area contributed by atoms with Crippen LogP contribution in [0.15, 0.2) is 54.7 Å². The first-order valence-corrected chi connectivity index (χ1v) is 7.20. The van der Waals surface area contributed by atoms with Gasteiger partial charge in [-0.25, -0.2) is 0 Å². The summed E-state index contributed by atoms with van der Waals surface area (Å²) in [5, 5.41) is 13.8. The summed E-state index contributed by atoms with van der Waals surface area (Å²) in [6.07, 6.45) is 2.19. The lowest BCUT2D eigenvalue weighted by Crippen LogP contribution is -2.12. The number of nitrogens with zero attached hydrogens (tertiary/aromatic N) is 1. The Morgan fingerprint density at radius 2 is 1.67 bits per heavy atom. The van der Waals surface area contributed by atoms with Crippen LogP contribution >= 0.6 is 0 Å². The summed E-state index contributed by atoms with van der Waals surface area (Å²) in [7, 11) is 2.08. The molecule has 1 aromatic heterocycles. The third kappa shape index (κ3) is 2.99. The number of aliphatic hydroxyl groups excluding tert-OH is 1. The summed E-state index contributed by atoms with van der Waals surface area (Å²) < 4.78 is 2.17. The first-order valence-electron chi connectivity index (χ1n) is 7.20. The molecule has 0 saturated heterocycles.